The van der Waals surface area contributed by atoms with Gasteiger partial charge in [0.05, 0.1) is 28.5 Å². The van der Waals surface area contributed by atoms with Crippen LogP contribution in [0, 0.1) is 0 Å². The van der Waals surface area contributed by atoms with E-state index in [9.17, 15) is 0 Å². The molecule has 0 fully saturated rings. The van der Waals surface area contributed by atoms with Gasteiger partial charge in [0.25, 0.3) is 6.71 Å². The maximum Gasteiger partial charge on any atom is 0.252 e. The molecule has 0 amide bonds. The second kappa shape index (κ2) is 17.0. The summed E-state index contributed by atoms with van der Waals surface area (Å²) in [5.74, 6) is 0.669. The highest BCUT2D eigenvalue weighted by molar-refractivity contribution is 7.00. The summed E-state index contributed by atoms with van der Waals surface area (Å²) >= 11 is 0. The van der Waals surface area contributed by atoms with Gasteiger partial charge < -0.3 is 9.80 Å². The van der Waals surface area contributed by atoms with Crippen LogP contribution < -0.4 is 26.2 Å². The van der Waals surface area contributed by atoms with Crippen molar-refractivity contribution in [3.05, 3.63) is 261 Å². The van der Waals surface area contributed by atoms with Crippen LogP contribution in [-0.2, 0) is 0 Å². The summed E-state index contributed by atoms with van der Waals surface area (Å²) in [4.78, 5) is 16.0. The largest absolute Gasteiger partial charge is 0.311 e. The number of benzene rings is 10. The van der Waals surface area contributed by atoms with Crippen LogP contribution in [0.1, 0.15) is 0 Å². The predicted octanol–water partition coefficient (Wildman–Crippen LogP) is 14.6. The van der Waals surface area contributed by atoms with E-state index in [0.29, 0.717) is 5.82 Å². The van der Waals surface area contributed by atoms with Gasteiger partial charge in [0.2, 0.25) is 0 Å². The minimum absolute atomic E-state index is 0.128. The summed E-state index contributed by atoms with van der Waals surface area (Å²) in [5.41, 5.74) is 22.1. The van der Waals surface area contributed by atoms with Gasteiger partial charge in [-0.05, 0) is 81.1 Å². The lowest BCUT2D eigenvalue weighted by Crippen LogP contribution is -2.61. The third-order valence-electron chi connectivity index (χ3n) is 13.7. The van der Waals surface area contributed by atoms with Crippen molar-refractivity contribution >= 4 is 57.2 Å². The van der Waals surface area contributed by atoms with Crippen molar-refractivity contribution in [2.75, 3.05) is 9.80 Å². The maximum absolute atomic E-state index is 5.49. The van der Waals surface area contributed by atoms with Crippen LogP contribution >= 0.6 is 0 Å². The number of anilines is 6. The molecule has 0 atom stereocenters. The molecular weight excluding hydrogens is 836 g/mol. The van der Waals surface area contributed by atoms with Gasteiger partial charge in [-0.3, -0.25) is 0 Å². The zero-order valence-electron chi connectivity index (χ0n) is 37.7. The molecule has 0 saturated heterocycles. The van der Waals surface area contributed by atoms with Crippen molar-refractivity contribution in [3.63, 3.8) is 0 Å². The summed E-state index contributed by atoms with van der Waals surface area (Å²) in [6.45, 7) is -0.128. The van der Waals surface area contributed by atoms with Gasteiger partial charge in [0.15, 0.2) is 5.82 Å². The van der Waals surface area contributed by atoms with E-state index >= 15 is 0 Å². The zero-order valence-corrected chi connectivity index (χ0v) is 37.7. The van der Waals surface area contributed by atoms with Crippen LogP contribution in [0.4, 0.5) is 34.1 Å². The third kappa shape index (κ3) is 6.94. The Labute approximate surface area is 403 Å². The van der Waals surface area contributed by atoms with Crippen molar-refractivity contribution in [1.29, 1.82) is 0 Å². The number of aromatic nitrogens is 2. The van der Waals surface area contributed by atoms with Gasteiger partial charge in [-0.15, -0.1) is 0 Å². The summed E-state index contributed by atoms with van der Waals surface area (Å²) in [6.07, 6.45) is 0. The standard InChI is InChI=1S/C64H43BN4/c1-6-22-44(23-7-1)49-40-41-53-61(42-49)68(57-36-18-16-32-50(57)45-24-8-2-9-25-45)59-38-21-39-60-62(59)65(53)54-35-20-34-52(63(54)69(60)58-37-19-17-33-51(58)46-26-10-3-11-27-46)64-66-55(47-28-12-4-13-29-47)43-56(67-64)48-30-14-5-15-31-48/h1-43H. The van der Waals surface area contributed by atoms with Crippen molar-refractivity contribution in [2.45, 2.75) is 0 Å². The van der Waals surface area contributed by atoms with E-state index in [-0.39, 0.29) is 6.71 Å². The van der Waals surface area contributed by atoms with E-state index in [1.165, 1.54) is 38.6 Å². The Hall–Kier alpha value is -9.06. The molecule has 0 N–H and O–H groups in total. The lowest BCUT2D eigenvalue weighted by Gasteiger charge is -2.45. The monoisotopic (exact) mass is 878 g/mol. The Morgan fingerprint density at radius 2 is 0.710 bits per heavy atom. The van der Waals surface area contributed by atoms with Crippen LogP contribution in [0.25, 0.3) is 67.3 Å². The Bertz CT molecular complexity index is 3620. The lowest BCUT2D eigenvalue weighted by atomic mass is 9.33. The molecule has 4 nitrogen and oxygen atoms in total. The van der Waals surface area contributed by atoms with E-state index in [2.05, 4.69) is 271 Å². The molecular formula is C64H43BN4. The van der Waals surface area contributed by atoms with Gasteiger partial charge in [-0.1, -0.05) is 218 Å². The molecule has 2 aliphatic heterocycles. The second-order valence-electron chi connectivity index (χ2n) is 17.7. The number of hydrogen-bond donors (Lipinski definition) is 0. The fourth-order valence-corrected chi connectivity index (χ4v) is 10.6. The molecule has 69 heavy (non-hydrogen) atoms. The molecule has 2 aliphatic rings. The average molecular weight is 879 g/mol. The van der Waals surface area contributed by atoms with E-state index in [1.807, 2.05) is 0 Å². The summed E-state index contributed by atoms with van der Waals surface area (Å²) in [7, 11) is 0. The van der Waals surface area contributed by atoms with Crippen LogP contribution in [0.3, 0.4) is 0 Å². The molecule has 322 valence electrons. The quantitative estimate of drug-likeness (QED) is 0.142. The number of fused-ring (bicyclic) bond motifs is 4. The highest BCUT2D eigenvalue weighted by atomic mass is 15.2. The van der Waals surface area contributed by atoms with E-state index in [1.54, 1.807) is 0 Å². The van der Waals surface area contributed by atoms with Crippen LogP contribution in [0.15, 0.2) is 261 Å². The summed E-state index contributed by atoms with van der Waals surface area (Å²) in [5, 5.41) is 0. The first kappa shape index (κ1) is 40.2. The van der Waals surface area contributed by atoms with E-state index in [4.69, 9.17) is 9.97 Å². The van der Waals surface area contributed by atoms with Crippen molar-refractivity contribution in [3.8, 4) is 67.3 Å². The Balaban J connectivity index is 1.13. The highest BCUT2D eigenvalue weighted by Gasteiger charge is 2.45. The first-order valence-electron chi connectivity index (χ1n) is 23.6. The van der Waals surface area contributed by atoms with Crippen LogP contribution in [0.5, 0.6) is 0 Å². The van der Waals surface area contributed by atoms with Crippen molar-refractivity contribution in [1.82, 2.24) is 9.97 Å². The Morgan fingerprint density at radius 1 is 0.275 bits per heavy atom. The van der Waals surface area contributed by atoms with Gasteiger partial charge in [-0.2, -0.15) is 0 Å². The molecule has 0 radical (unpaired) electrons. The topological polar surface area (TPSA) is 32.3 Å². The molecule has 0 aliphatic carbocycles. The van der Waals surface area contributed by atoms with Gasteiger partial charge >= 0.3 is 0 Å². The minimum Gasteiger partial charge on any atom is -0.311 e. The van der Waals surface area contributed by atoms with E-state index < -0.39 is 0 Å². The molecule has 0 unspecified atom stereocenters. The molecule has 3 heterocycles. The summed E-state index contributed by atoms with van der Waals surface area (Å²) < 4.78 is 0. The molecule has 0 spiro atoms. The van der Waals surface area contributed by atoms with Crippen LogP contribution in [0.2, 0.25) is 0 Å². The fourth-order valence-electron chi connectivity index (χ4n) is 10.6. The molecule has 11 aromatic rings. The molecule has 10 aromatic carbocycles. The van der Waals surface area contributed by atoms with Crippen molar-refractivity contribution < 1.29 is 0 Å². The third-order valence-corrected chi connectivity index (χ3v) is 13.7. The maximum atomic E-state index is 5.49. The predicted molar refractivity (Wildman–Crippen MR) is 289 cm³/mol. The molecule has 0 bridgehead atoms. The number of hydrogen-bond acceptors (Lipinski definition) is 4. The molecule has 0 saturated carbocycles. The average Bonchev–Trinajstić information content (AvgIpc) is 3.44. The van der Waals surface area contributed by atoms with Crippen molar-refractivity contribution in [2.24, 2.45) is 0 Å². The molecule has 5 heteroatoms. The first-order valence-corrected chi connectivity index (χ1v) is 23.6. The van der Waals surface area contributed by atoms with E-state index in [0.717, 1.165) is 73.3 Å². The molecule has 13 rings (SSSR count). The summed E-state index contributed by atoms with van der Waals surface area (Å²) in [6, 6.07) is 93.7. The SMILES string of the molecule is c1ccc(-c2ccc3c(c2)N(c2ccccc2-c2ccccc2)c2cccc4c2B3c2cccc(-c3nc(-c5ccccc5)cc(-c5ccccc5)n3)c2N4c2ccccc2-c2ccccc2)cc1. The Kier molecular flexibility index (Phi) is 9.91. The zero-order chi connectivity index (χ0) is 45.7. The number of rotatable bonds is 8. The Morgan fingerprint density at radius 3 is 1.28 bits per heavy atom. The fraction of sp³-hybridized carbons (Fsp3) is 0. The van der Waals surface area contributed by atoms with Crippen LogP contribution in [-0.4, -0.2) is 16.7 Å². The first-order chi connectivity index (χ1) is 34.3. The molecule has 1 aromatic heterocycles. The normalized spacial score (nSPS) is 12.3. The highest BCUT2D eigenvalue weighted by Crippen LogP contribution is 2.50. The van der Waals surface area contributed by atoms with Gasteiger partial charge in [0, 0.05) is 44.9 Å². The lowest BCUT2D eigenvalue weighted by molar-refractivity contribution is 1.17. The van der Waals surface area contributed by atoms with Gasteiger partial charge in [0.1, 0.15) is 0 Å². The minimum atomic E-state index is -0.128. The number of para-hydroxylation sites is 3. The number of nitrogens with zero attached hydrogens (tertiary/aromatic N) is 4. The van der Waals surface area contributed by atoms with Gasteiger partial charge in [-0.25, -0.2) is 9.97 Å². The second-order valence-corrected chi connectivity index (χ2v) is 17.7. The smallest absolute Gasteiger partial charge is 0.252 e.